The molecule has 0 bridgehead atoms. The maximum absolute atomic E-state index is 4.74. The summed E-state index contributed by atoms with van der Waals surface area (Å²) >= 11 is 1.75. The number of thiazole rings is 1. The molecule has 0 saturated heterocycles. The summed E-state index contributed by atoms with van der Waals surface area (Å²) in [4.78, 5) is 10.4. The minimum Gasteiger partial charge on any atom is -0.312 e. The van der Waals surface area contributed by atoms with Crippen molar-refractivity contribution in [1.82, 2.24) is 15.3 Å². The molecule has 0 radical (unpaired) electrons. The van der Waals surface area contributed by atoms with Crippen molar-refractivity contribution in [1.29, 1.82) is 0 Å². The molecule has 102 valence electrons. The second kappa shape index (κ2) is 5.31. The molecule has 0 fully saturated rings. The minimum absolute atomic E-state index is 0.323. The fraction of sp³-hybridized carbons (Fsp3) is 0.250. The number of benzene rings is 1. The molecule has 1 unspecified atom stereocenters. The van der Waals surface area contributed by atoms with Crippen molar-refractivity contribution in [2.75, 3.05) is 7.05 Å². The first-order valence-electron chi connectivity index (χ1n) is 6.68. The first kappa shape index (κ1) is 13.2. The highest BCUT2D eigenvalue weighted by atomic mass is 32.1. The van der Waals surface area contributed by atoms with Gasteiger partial charge < -0.3 is 5.32 Å². The molecule has 0 amide bonds. The third-order valence-corrected chi connectivity index (χ3v) is 4.93. The molecule has 20 heavy (non-hydrogen) atoms. The Labute approximate surface area is 122 Å². The standard InChI is InChI=1S/C16H17N3S/c1-10(17-3)15-11(2)19-16(20-15)14-9-18-8-12-6-4-5-7-13(12)14/h4-10,17H,1-3H3. The molecule has 3 nitrogen and oxygen atoms in total. The fourth-order valence-corrected chi connectivity index (χ4v) is 3.49. The van der Waals surface area contributed by atoms with Crippen LogP contribution >= 0.6 is 11.3 Å². The summed E-state index contributed by atoms with van der Waals surface area (Å²) in [6.07, 6.45) is 3.81. The third kappa shape index (κ3) is 2.21. The van der Waals surface area contributed by atoms with Gasteiger partial charge in [0.1, 0.15) is 5.01 Å². The maximum atomic E-state index is 4.74. The predicted molar refractivity (Wildman–Crippen MR) is 85.1 cm³/mol. The van der Waals surface area contributed by atoms with Gasteiger partial charge in [-0.15, -0.1) is 11.3 Å². The molecule has 1 atom stereocenters. The molecule has 1 aromatic carbocycles. The van der Waals surface area contributed by atoms with Crippen LogP contribution in [0.4, 0.5) is 0 Å². The Morgan fingerprint density at radius 3 is 2.80 bits per heavy atom. The van der Waals surface area contributed by atoms with Gasteiger partial charge in [-0.3, -0.25) is 4.98 Å². The summed E-state index contributed by atoms with van der Waals surface area (Å²) in [5.41, 5.74) is 2.21. The number of aryl methyl sites for hydroxylation is 1. The van der Waals surface area contributed by atoms with Crippen molar-refractivity contribution < 1.29 is 0 Å². The average Bonchev–Trinajstić information content (AvgIpc) is 2.87. The number of nitrogens with one attached hydrogen (secondary N) is 1. The van der Waals surface area contributed by atoms with Gasteiger partial charge in [0.25, 0.3) is 0 Å². The summed E-state index contributed by atoms with van der Waals surface area (Å²) in [6.45, 7) is 4.23. The van der Waals surface area contributed by atoms with Crippen molar-refractivity contribution in [3.8, 4) is 10.6 Å². The fourth-order valence-electron chi connectivity index (χ4n) is 2.34. The maximum Gasteiger partial charge on any atom is 0.126 e. The first-order chi connectivity index (χ1) is 9.70. The predicted octanol–water partition coefficient (Wildman–Crippen LogP) is 3.95. The van der Waals surface area contributed by atoms with Crippen molar-refractivity contribution in [3.05, 3.63) is 47.2 Å². The van der Waals surface area contributed by atoms with Crippen molar-refractivity contribution in [2.24, 2.45) is 0 Å². The van der Waals surface area contributed by atoms with E-state index in [1.54, 1.807) is 11.3 Å². The second-order valence-electron chi connectivity index (χ2n) is 4.89. The highest BCUT2D eigenvalue weighted by Crippen LogP contribution is 2.34. The van der Waals surface area contributed by atoms with Crippen molar-refractivity contribution >= 4 is 22.1 Å². The van der Waals surface area contributed by atoms with E-state index in [1.807, 2.05) is 25.5 Å². The minimum atomic E-state index is 0.323. The van der Waals surface area contributed by atoms with E-state index < -0.39 is 0 Å². The van der Waals surface area contributed by atoms with Gasteiger partial charge in [0.05, 0.1) is 5.69 Å². The topological polar surface area (TPSA) is 37.8 Å². The molecule has 4 heteroatoms. The van der Waals surface area contributed by atoms with E-state index in [2.05, 4.69) is 42.3 Å². The Hall–Kier alpha value is -1.78. The Morgan fingerprint density at radius 1 is 1.20 bits per heavy atom. The van der Waals surface area contributed by atoms with Crippen LogP contribution in [0.25, 0.3) is 21.3 Å². The van der Waals surface area contributed by atoms with E-state index in [0.717, 1.165) is 21.7 Å². The van der Waals surface area contributed by atoms with E-state index in [4.69, 9.17) is 4.98 Å². The van der Waals surface area contributed by atoms with Crippen LogP contribution in [-0.2, 0) is 0 Å². The van der Waals surface area contributed by atoms with Crippen LogP contribution in [0, 0.1) is 6.92 Å². The lowest BCUT2D eigenvalue weighted by Gasteiger charge is -2.07. The molecule has 2 heterocycles. The van der Waals surface area contributed by atoms with Crippen LogP contribution in [0.1, 0.15) is 23.5 Å². The number of hydrogen-bond donors (Lipinski definition) is 1. The largest absolute Gasteiger partial charge is 0.312 e. The highest BCUT2D eigenvalue weighted by Gasteiger charge is 2.15. The Kier molecular flexibility index (Phi) is 3.51. The van der Waals surface area contributed by atoms with Crippen LogP contribution in [0.2, 0.25) is 0 Å². The van der Waals surface area contributed by atoms with Crippen LogP contribution in [-0.4, -0.2) is 17.0 Å². The molecular weight excluding hydrogens is 266 g/mol. The Balaban J connectivity index is 2.17. The van der Waals surface area contributed by atoms with Gasteiger partial charge in [-0.2, -0.15) is 0 Å². The van der Waals surface area contributed by atoms with Crippen LogP contribution in [0.5, 0.6) is 0 Å². The van der Waals surface area contributed by atoms with Gasteiger partial charge in [0.2, 0.25) is 0 Å². The zero-order chi connectivity index (χ0) is 14.1. The van der Waals surface area contributed by atoms with E-state index in [1.165, 1.54) is 10.3 Å². The van der Waals surface area contributed by atoms with Crippen LogP contribution in [0.15, 0.2) is 36.7 Å². The quantitative estimate of drug-likeness (QED) is 0.791. The molecule has 0 aliphatic heterocycles. The van der Waals surface area contributed by atoms with Crippen LogP contribution < -0.4 is 5.32 Å². The summed E-state index contributed by atoms with van der Waals surface area (Å²) in [5.74, 6) is 0. The van der Waals surface area contributed by atoms with Gasteiger partial charge in [-0.1, -0.05) is 24.3 Å². The summed E-state index contributed by atoms with van der Waals surface area (Å²) in [5, 5.41) is 6.69. The zero-order valence-electron chi connectivity index (χ0n) is 11.8. The SMILES string of the molecule is CNC(C)c1sc(-c2cncc3ccccc23)nc1C. The number of nitrogens with zero attached hydrogens (tertiary/aromatic N) is 2. The molecular formula is C16H17N3S. The third-order valence-electron chi connectivity index (χ3n) is 3.56. The van der Waals surface area contributed by atoms with E-state index in [-0.39, 0.29) is 0 Å². The number of rotatable bonds is 3. The van der Waals surface area contributed by atoms with Gasteiger partial charge >= 0.3 is 0 Å². The Bertz CT molecular complexity index is 743. The molecule has 2 aromatic heterocycles. The lowest BCUT2D eigenvalue weighted by Crippen LogP contribution is -2.11. The molecule has 0 saturated carbocycles. The van der Waals surface area contributed by atoms with Gasteiger partial charge in [0, 0.05) is 34.3 Å². The molecule has 0 aliphatic rings. The second-order valence-corrected chi connectivity index (χ2v) is 5.92. The summed E-state index contributed by atoms with van der Waals surface area (Å²) < 4.78 is 0. The van der Waals surface area contributed by atoms with Crippen molar-refractivity contribution in [2.45, 2.75) is 19.9 Å². The van der Waals surface area contributed by atoms with Gasteiger partial charge in [-0.25, -0.2) is 4.98 Å². The molecule has 3 rings (SSSR count). The zero-order valence-corrected chi connectivity index (χ0v) is 12.7. The lowest BCUT2D eigenvalue weighted by atomic mass is 10.1. The molecule has 3 aromatic rings. The smallest absolute Gasteiger partial charge is 0.126 e. The highest BCUT2D eigenvalue weighted by molar-refractivity contribution is 7.15. The molecule has 0 spiro atoms. The normalized spacial score (nSPS) is 12.8. The molecule has 1 N–H and O–H groups in total. The number of pyridine rings is 1. The van der Waals surface area contributed by atoms with Crippen molar-refractivity contribution in [3.63, 3.8) is 0 Å². The Morgan fingerprint density at radius 2 is 2.00 bits per heavy atom. The number of hydrogen-bond acceptors (Lipinski definition) is 4. The number of aromatic nitrogens is 2. The van der Waals surface area contributed by atoms with Gasteiger partial charge in [0.15, 0.2) is 0 Å². The van der Waals surface area contributed by atoms with E-state index in [0.29, 0.717) is 6.04 Å². The van der Waals surface area contributed by atoms with E-state index in [9.17, 15) is 0 Å². The summed E-state index contributed by atoms with van der Waals surface area (Å²) in [6, 6.07) is 8.64. The van der Waals surface area contributed by atoms with Crippen LogP contribution in [0.3, 0.4) is 0 Å². The first-order valence-corrected chi connectivity index (χ1v) is 7.50. The van der Waals surface area contributed by atoms with Gasteiger partial charge in [-0.05, 0) is 26.3 Å². The van der Waals surface area contributed by atoms with E-state index >= 15 is 0 Å². The monoisotopic (exact) mass is 283 g/mol. The molecule has 0 aliphatic carbocycles. The number of fused-ring (bicyclic) bond motifs is 1. The average molecular weight is 283 g/mol. The summed E-state index contributed by atoms with van der Waals surface area (Å²) in [7, 11) is 1.98. The lowest BCUT2D eigenvalue weighted by molar-refractivity contribution is 0.658.